The summed E-state index contributed by atoms with van der Waals surface area (Å²) < 4.78 is 14.4. The van der Waals surface area contributed by atoms with Crippen LogP contribution in [0.15, 0.2) is 41.1 Å². The molecule has 0 aliphatic rings. The Morgan fingerprint density at radius 2 is 2.11 bits per heavy atom. The number of hydrogen-bond donors (Lipinski definition) is 1. The molecule has 94 valence electrons. The van der Waals surface area contributed by atoms with E-state index in [4.69, 9.17) is 5.73 Å². The number of aromatic nitrogens is 1. The van der Waals surface area contributed by atoms with Gasteiger partial charge in [-0.15, -0.1) is 0 Å². The predicted molar refractivity (Wildman–Crippen MR) is 73.7 cm³/mol. The molecule has 1 unspecified atom stereocenters. The number of hydrogen-bond acceptors (Lipinski definition) is 2. The van der Waals surface area contributed by atoms with Gasteiger partial charge in [0.1, 0.15) is 5.82 Å². The summed E-state index contributed by atoms with van der Waals surface area (Å²) in [5.74, 6) is -0.236. The molecular weight excluding hydrogens is 295 g/mol. The van der Waals surface area contributed by atoms with Crippen molar-refractivity contribution in [1.82, 2.24) is 4.98 Å². The summed E-state index contributed by atoms with van der Waals surface area (Å²) in [4.78, 5) is 4.10. The van der Waals surface area contributed by atoms with Crippen LogP contribution in [0.3, 0.4) is 0 Å². The van der Waals surface area contributed by atoms with Gasteiger partial charge in [-0.1, -0.05) is 28.1 Å². The van der Waals surface area contributed by atoms with Crippen LogP contribution in [-0.2, 0) is 6.42 Å². The SMILES string of the molecule is Cc1cncc(C(N)Cc2ccc(Br)cc2F)c1. The lowest BCUT2D eigenvalue weighted by atomic mass is 10.00. The van der Waals surface area contributed by atoms with Gasteiger partial charge in [-0.2, -0.15) is 0 Å². The smallest absolute Gasteiger partial charge is 0.127 e. The molecular formula is C14H14BrFN2. The molecule has 0 bridgehead atoms. The highest BCUT2D eigenvalue weighted by Gasteiger charge is 2.11. The van der Waals surface area contributed by atoms with E-state index in [1.807, 2.05) is 19.1 Å². The number of halogens is 2. The highest BCUT2D eigenvalue weighted by Crippen LogP contribution is 2.21. The Morgan fingerprint density at radius 1 is 1.33 bits per heavy atom. The maximum Gasteiger partial charge on any atom is 0.127 e. The van der Waals surface area contributed by atoms with Gasteiger partial charge in [0.05, 0.1) is 0 Å². The van der Waals surface area contributed by atoms with Crippen LogP contribution >= 0.6 is 15.9 Å². The van der Waals surface area contributed by atoms with E-state index < -0.39 is 0 Å². The maximum absolute atomic E-state index is 13.7. The summed E-state index contributed by atoms with van der Waals surface area (Å²) in [6.45, 7) is 1.96. The topological polar surface area (TPSA) is 38.9 Å². The van der Waals surface area contributed by atoms with Gasteiger partial charge in [-0.25, -0.2) is 4.39 Å². The lowest BCUT2D eigenvalue weighted by Crippen LogP contribution is -2.14. The molecule has 2 aromatic rings. The van der Waals surface area contributed by atoms with Crippen molar-refractivity contribution in [2.75, 3.05) is 0 Å². The normalized spacial score (nSPS) is 12.4. The molecule has 0 aliphatic heterocycles. The van der Waals surface area contributed by atoms with Crippen molar-refractivity contribution in [2.45, 2.75) is 19.4 Å². The van der Waals surface area contributed by atoms with E-state index in [-0.39, 0.29) is 11.9 Å². The molecule has 0 saturated heterocycles. The predicted octanol–water partition coefficient (Wildman–Crippen LogP) is 3.53. The molecule has 0 fully saturated rings. The minimum Gasteiger partial charge on any atom is -0.324 e. The van der Waals surface area contributed by atoms with Gasteiger partial charge >= 0.3 is 0 Å². The van der Waals surface area contributed by atoms with E-state index in [1.54, 1.807) is 18.5 Å². The van der Waals surface area contributed by atoms with E-state index in [0.29, 0.717) is 12.0 Å². The molecule has 1 atom stereocenters. The number of nitrogens with zero attached hydrogens (tertiary/aromatic N) is 1. The number of benzene rings is 1. The van der Waals surface area contributed by atoms with Crippen molar-refractivity contribution < 1.29 is 4.39 Å². The summed E-state index contributed by atoms with van der Waals surface area (Å²) in [5, 5.41) is 0. The molecule has 0 amide bonds. The standard InChI is InChI=1S/C14H14BrFN2/c1-9-4-11(8-18-7-9)14(17)5-10-2-3-12(15)6-13(10)16/h2-4,6-8,14H,5,17H2,1H3. The Morgan fingerprint density at radius 3 is 2.78 bits per heavy atom. The van der Waals surface area contributed by atoms with Crippen molar-refractivity contribution in [3.8, 4) is 0 Å². The third-order valence-corrected chi connectivity index (χ3v) is 3.27. The highest BCUT2D eigenvalue weighted by atomic mass is 79.9. The van der Waals surface area contributed by atoms with Crippen LogP contribution in [0.4, 0.5) is 4.39 Å². The second-order valence-electron chi connectivity index (χ2n) is 4.34. The number of rotatable bonds is 3. The lowest BCUT2D eigenvalue weighted by molar-refractivity contribution is 0.592. The quantitative estimate of drug-likeness (QED) is 0.942. The maximum atomic E-state index is 13.7. The molecule has 1 aromatic carbocycles. The molecule has 1 heterocycles. The summed E-state index contributed by atoms with van der Waals surface area (Å²) in [5.41, 5.74) is 8.69. The van der Waals surface area contributed by atoms with Crippen molar-refractivity contribution in [1.29, 1.82) is 0 Å². The van der Waals surface area contributed by atoms with E-state index in [2.05, 4.69) is 20.9 Å². The fourth-order valence-electron chi connectivity index (χ4n) is 1.82. The van der Waals surface area contributed by atoms with Crippen molar-refractivity contribution in [2.24, 2.45) is 5.73 Å². The molecule has 0 aliphatic carbocycles. The molecule has 4 heteroatoms. The number of pyridine rings is 1. The van der Waals surface area contributed by atoms with Gasteiger partial charge in [0.15, 0.2) is 0 Å². The molecule has 2 rings (SSSR count). The first-order chi connectivity index (χ1) is 8.56. The molecule has 1 aromatic heterocycles. The van der Waals surface area contributed by atoms with Crippen LogP contribution < -0.4 is 5.73 Å². The summed E-state index contributed by atoms with van der Waals surface area (Å²) in [6.07, 6.45) is 3.97. The fraction of sp³-hybridized carbons (Fsp3) is 0.214. The number of aryl methyl sites for hydroxylation is 1. The Kier molecular flexibility index (Phi) is 4.09. The highest BCUT2D eigenvalue weighted by molar-refractivity contribution is 9.10. The number of nitrogens with two attached hydrogens (primary N) is 1. The van der Waals surface area contributed by atoms with Gasteiger partial charge in [-0.3, -0.25) is 4.98 Å². The van der Waals surface area contributed by atoms with Gasteiger partial charge in [-0.05, 0) is 42.2 Å². The summed E-state index contributed by atoms with van der Waals surface area (Å²) in [7, 11) is 0. The van der Waals surface area contributed by atoms with Crippen LogP contribution in [0, 0.1) is 12.7 Å². The van der Waals surface area contributed by atoms with Crippen LogP contribution in [0.25, 0.3) is 0 Å². The second kappa shape index (κ2) is 5.59. The molecule has 0 saturated carbocycles. The molecule has 0 radical (unpaired) electrons. The van der Waals surface area contributed by atoms with Crippen molar-refractivity contribution in [3.63, 3.8) is 0 Å². The van der Waals surface area contributed by atoms with Crippen LogP contribution in [0.1, 0.15) is 22.7 Å². The summed E-state index contributed by atoms with van der Waals surface area (Å²) >= 11 is 3.24. The van der Waals surface area contributed by atoms with E-state index >= 15 is 0 Å². The average Bonchev–Trinajstić information content (AvgIpc) is 2.32. The van der Waals surface area contributed by atoms with Gasteiger partial charge in [0, 0.05) is 22.9 Å². The summed E-state index contributed by atoms with van der Waals surface area (Å²) in [6, 6.07) is 6.76. The Bertz CT molecular complexity index is 557. The molecule has 18 heavy (non-hydrogen) atoms. The second-order valence-corrected chi connectivity index (χ2v) is 5.26. The first-order valence-electron chi connectivity index (χ1n) is 5.67. The van der Waals surface area contributed by atoms with Gasteiger partial charge in [0.25, 0.3) is 0 Å². The zero-order chi connectivity index (χ0) is 13.1. The Hall–Kier alpha value is -1.26. The minimum atomic E-state index is -0.243. The van der Waals surface area contributed by atoms with Gasteiger partial charge in [0.2, 0.25) is 0 Å². The van der Waals surface area contributed by atoms with Crippen LogP contribution in [0.5, 0.6) is 0 Å². The Labute approximate surface area is 114 Å². The van der Waals surface area contributed by atoms with E-state index in [0.717, 1.165) is 15.6 Å². The Balaban J connectivity index is 2.18. The lowest BCUT2D eigenvalue weighted by Gasteiger charge is -2.13. The first kappa shape index (κ1) is 13.2. The zero-order valence-corrected chi connectivity index (χ0v) is 11.6. The third kappa shape index (κ3) is 3.15. The van der Waals surface area contributed by atoms with Crippen LogP contribution in [-0.4, -0.2) is 4.98 Å². The zero-order valence-electron chi connectivity index (χ0n) is 10.0. The monoisotopic (exact) mass is 308 g/mol. The largest absolute Gasteiger partial charge is 0.324 e. The average molecular weight is 309 g/mol. The third-order valence-electron chi connectivity index (χ3n) is 2.78. The molecule has 2 nitrogen and oxygen atoms in total. The molecule has 2 N–H and O–H groups in total. The van der Waals surface area contributed by atoms with Crippen LogP contribution in [0.2, 0.25) is 0 Å². The van der Waals surface area contributed by atoms with Crippen molar-refractivity contribution >= 4 is 15.9 Å². The minimum absolute atomic E-state index is 0.236. The first-order valence-corrected chi connectivity index (χ1v) is 6.46. The van der Waals surface area contributed by atoms with E-state index in [1.165, 1.54) is 6.07 Å². The van der Waals surface area contributed by atoms with Gasteiger partial charge < -0.3 is 5.73 Å². The molecule has 0 spiro atoms. The van der Waals surface area contributed by atoms with E-state index in [9.17, 15) is 4.39 Å². The van der Waals surface area contributed by atoms with Crippen molar-refractivity contribution in [3.05, 3.63) is 63.6 Å². The fourth-order valence-corrected chi connectivity index (χ4v) is 2.16.